The summed E-state index contributed by atoms with van der Waals surface area (Å²) in [6.45, 7) is 1.91. The van der Waals surface area contributed by atoms with Crippen LogP contribution in [0.1, 0.15) is 24.9 Å². The maximum absolute atomic E-state index is 12.7. The third kappa shape index (κ3) is 4.20. The summed E-state index contributed by atoms with van der Waals surface area (Å²) in [6.07, 6.45) is 0.605. The Kier molecular flexibility index (Phi) is 6.10. The van der Waals surface area contributed by atoms with Gasteiger partial charge in [-0.1, -0.05) is 30.7 Å². The van der Waals surface area contributed by atoms with E-state index in [-0.39, 0.29) is 10.9 Å². The van der Waals surface area contributed by atoms with Crippen molar-refractivity contribution in [1.82, 2.24) is 4.72 Å². The highest BCUT2D eigenvalue weighted by atomic mass is 35.5. The first kappa shape index (κ1) is 18.6. The summed E-state index contributed by atoms with van der Waals surface area (Å²) < 4.78 is 38.4. The molecule has 0 radical (unpaired) electrons. The molecule has 130 valence electrons. The van der Waals surface area contributed by atoms with E-state index in [9.17, 15) is 8.42 Å². The standard InChI is InChI=1S/C17H20ClNO4S/c1-4-15(12-5-7-13(18)8-6-12)19-24(20,21)14-9-10-16(22-2)17(11-14)23-3/h5-11,15,19H,4H2,1-3H3. The number of ether oxygens (including phenoxy) is 2. The minimum Gasteiger partial charge on any atom is -0.493 e. The van der Waals surface area contributed by atoms with Gasteiger partial charge in [0.25, 0.3) is 0 Å². The van der Waals surface area contributed by atoms with Crippen molar-refractivity contribution >= 4 is 21.6 Å². The van der Waals surface area contributed by atoms with Gasteiger partial charge in [-0.3, -0.25) is 0 Å². The third-order valence-electron chi connectivity index (χ3n) is 3.64. The van der Waals surface area contributed by atoms with Crippen LogP contribution in [-0.4, -0.2) is 22.6 Å². The zero-order chi connectivity index (χ0) is 17.7. The predicted molar refractivity (Wildman–Crippen MR) is 94.4 cm³/mol. The highest BCUT2D eigenvalue weighted by Gasteiger charge is 2.21. The third-order valence-corrected chi connectivity index (χ3v) is 5.36. The van der Waals surface area contributed by atoms with Gasteiger partial charge >= 0.3 is 0 Å². The largest absolute Gasteiger partial charge is 0.493 e. The summed E-state index contributed by atoms with van der Waals surface area (Å²) in [4.78, 5) is 0.118. The van der Waals surface area contributed by atoms with Crippen LogP contribution in [0.2, 0.25) is 5.02 Å². The first-order chi connectivity index (χ1) is 11.4. The quantitative estimate of drug-likeness (QED) is 0.806. The molecule has 0 saturated heterocycles. The Hall–Kier alpha value is -1.76. The van der Waals surface area contributed by atoms with E-state index in [0.29, 0.717) is 22.9 Å². The molecule has 2 aromatic rings. The molecule has 0 saturated carbocycles. The molecule has 0 fully saturated rings. The number of hydrogen-bond donors (Lipinski definition) is 1. The lowest BCUT2D eigenvalue weighted by atomic mass is 10.1. The van der Waals surface area contributed by atoms with Crippen LogP contribution in [0.3, 0.4) is 0 Å². The molecule has 1 atom stereocenters. The number of benzene rings is 2. The Labute approximate surface area is 147 Å². The summed E-state index contributed by atoms with van der Waals surface area (Å²) in [6, 6.07) is 11.3. The van der Waals surface area contributed by atoms with Crippen molar-refractivity contribution < 1.29 is 17.9 Å². The van der Waals surface area contributed by atoms with Gasteiger partial charge in [-0.15, -0.1) is 0 Å². The number of halogens is 1. The Balaban J connectivity index is 2.30. The van der Waals surface area contributed by atoms with Crippen molar-refractivity contribution in [1.29, 1.82) is 0 Å². The van der Waals surface area contributed by atoms with Gasteiger partial charge in [-0.2, -0.15) is 0 Å². The van der Waals surface area contributed by atoms with Crippen LogP contribution in [0, 0.1) is 0 Å². The monoisotopic (exact) mass is 369 g/mol. The van der Waals surface area contributed by atoms with Crippen molar-refractivity contribution in [3.63, 3.8) is 0 Å². The van der Waals surface area contributed by atoms with E-state index < -0.39 is 10.0 Å². The maximum Gasteiger partial charge on any atom is 0.241 e. The molecule has 0 aliphatic rings. The lowest BCUT2D eigenvalue weighted by Crippen LogP contribution is -2.28. The van der Waals surface area contributed by atoms with E-state index >= 15 is 0 Å². The summed E-state index contributed by atoms with van der Waals surface area (Å²) in [5.41, 5.74) is 0.853. The zero-order valence-electron chi connectivity index (χ0n) is 13.7. The van der Waals surface area contributed by atoms with Gasteiger partial charge in [0.15, 0.2) is 11.5 Å². The van der Waals surface area contributed by atoms with Gasteiger partial charge < -0.3 is 9.47 Å². The highest BCUT2D eigenvalue weighted by Crippen LogP contribution is 2.30. The van der Waals surface area contributed by atoms with Crippen LogP contribution < -0.4 is 14.2 Å². The lowest BCUT2D eigenvalue weighted by Gasteiger charge is -2.18. The van der Waals surface area contributed by atoms with Gasteiger partial charge in [0.2, 0.25) is 10.0 Å². The fourth-order valence-corrected chi connectivity index (χ4v) is 3.77. The molecule has 0 heterocycles. The fraction of sp³-hybridized carbons (Fsp3) is 0.294. The van der Waals surface area contributed by atoms with E-state index in [1.165, 1.54) is 26.4 Å². The molecule has 2 aromatic carbocycles. The van der Waals surface area contributed by atoms with Crippen LogP contribution in [0.5, 0.6) is 11.5 Å². The summed E-state index contributed by atoms with van der Waals surface area (Å²) in [5, 5.41) is 0.608. The van der Waals surface area contributed by atoms with Gasteiger partial charge in [-0.25, -0.2) is 13.1 Å². The van der Waals surface area contributed by atoms with Crippen molar-refractivity contribution in [2.75, 3.05) is 14.2 Å². The second-order valence-corrected chi connectivity index (χ2v) is 7.30. The van der Waals surface area contributed by atoms with Crippen LogP contribution in [0.25, 0.3) is 0 Å². The van der Waals surface area contributed by atoms with Crippen LogP contribution in [0.4, 0.5) is 0 Å². The number of hydrogen-bond acceptors (Lipinski definition) is 4. The molecule has 0 amide bonds. The second kappa shape index (κ2) is 7.88. The molecule has 2 rings (SSSR count). The summed E-state index contributed by atoms with van der Waals surface area (Å²) in [7, 11) is -0.746. The molecule has 0 aromatic heterocycles. The van der Waals surface area contributed by atoms with Crippen molar-refractivity contribution in [3.05, 3.63) is 53.1 Å². The van der Waals surface area contributed by atoms with Crippen molar-refractivity contribution in [3.8, 4) is 11.5 Å². The molecule has 1 unspecified atom stereocenters. The number of sulfonamides is 1. The van der Waals surface area contributed by atoms with Crippen LogP contribution >= 0.6 is 11.6 Å². The highest BCUT2D eigenvalue weighted by molar-refractivity contribution is 7.89. The van der Waals surface area contributed by atoms with Gasteiger partial charge in [0.1, 0.15) is 0 Å². The molecule has 1 N–H and O–H groups in total. The van der Waals surface area contributed by atoms with E-state index in [0.717, 1.165) is 5.56 Å². The first-order valence-corrected chi connectivity index (χ1v) is 9.27. The Morgan fingerprint density at radius 2 is 1.67 bits per heavy atom. The van der Waals surface area contributed by atoms with E-state index in [1.54, 1.807) is 18.2 Å². The summed E-state index contributed by atoms with van der Waals surface area (Å²) >= 11 is 5.89. The number of nitrogens with one attached hydrogen (secondary N) is 1. The van der Waals surface area contributed by atoms with Crippen molar-refractivity contribution in [2.24, 2.45) is 0 Å². The number of rotatable bonds is 7. The predicted octanol–water partition coefficient (Wildman–Crippen LogP) is 3.79. The Bertz CT molecular complexity index is 791. The van der Waals surface area contributed by atoms with E-state index in [2.05, 4.69) is 4.72 Å². The van der Waals surface area contributed by atoms with Gasteiger partial charge in [0, 0.05) is 17.1 Å². The lowest BCUT2D eigenvalue weighted by molar-refractivity contribution is 0.354. The zero-order valence-corrected chi connectivity index (χ0v) is 15.3. The molecular formula is C17H20ClNO4S. The first-order valence-electron chi connectivity index (χ1n) is 7.41. The van der Waals surface area contributed by atoms with Gasteiger partial charge in [-0.05, 0) is 36.2 Å². The molecule has 0 aliphatic carbocycles. The molecule has 24 heavy (non-hydrogen) atoms. The van der Waals surface area contributed by atoms with Crippen LogP contribution in [-0.2, 0) is 10.0 Å². The molecule has 0 aliphatic heterocycles. The second-order valence-electron chi connectivity index (χ2n) is 5.15. The molecule has 7 heteroatoms. The fourth-order valence-electron chi connectivity index (χ4n) is 2.32. The number of methoxy groups -OCH3 is 2. The van der Waals surface area contributed by atoms with E-state index in [1.807, 2.05) is 19.1 Å². The normalized spacial score (nSPS) is 12.7. The topological polar surface area (TPSA) is 64.6 Å². The maximum atomic E-state index is 12.7. The Morgan fingerprint density at radius 3 is 2.21 bits per heavy atom. The smallest absolute Gasteiger partial charge is 0.241 e. The molecule has 0 bridgehead atoms. The Morgan fingerprint density at radius 1 is 1.04 bits per heavy atom. The van der Waals surface area contributed by atoms with Gasteiger partial charge in [0.05, 0.1) is 19.1 Å². The average molecular weight is 370 g/mol. The van der Waals surface area contributed by atoms with Crippen molar-refractivity contribution in [2.45, 2.75) is 24.3 Å². The molecule has 5 nitrogen and oxygen atoms in total. The molecule has 0 spiro atoms. The minimum atomic E-state index is -3.71. The average Bonchev–Trinajstić information content (AvgIpc) is 2.59. The summed E-state index contributed by atoms with van der Waals surface area (Å²) in [5.74, 6) is 0.834. The van der Waals surface area contributed by atoms with Crippen LogP contribution in [0.15, 0.2) is 47.4 Å². The SMILES string of the molecule is CCC(NS(=O)(=O)c1ccc(OC)c(OC)c1)c1ccc(Cl)cc1. The molecular weight excluding hydrogens is 350 g/mol. The minimum absolute atomic E-state index is 0.118. The van der Waals surface area contributed by atoms with E-state index in [4.69, 9.17) is 21.1 Å².